The lowest BCUT2D eigenvalue weighted by atomic mass is 9.48. The first-order chi connectivity index (χ1) is 12.0. The molecule has 0 aromatic heterocycles. The number of benzene rings is 1. The summed E-state index contributed by atoms with van der Waals surface area (Å²) in [6.45, 7) is 7.91. The van der Waals surface area contributed by atoms with Gasteiger partial charge in [0.25, 0.3) is 0 Å². The highest BCUT2D eigenvalue weighted by Crippen LogP contribution is 2.63. The van der Waals surface area contributed by atoms with Crippen molar-refractivity contribution in [3.05, 3.63) is 24.3 Å². The lowest BCUT2D eigenvalue weighted by molar-refractivity contribution is -0.114. The number of carbonyl (C=O) groups is 1. The molecule has 2 aliphatic rings. The average Bonchev–Trinajstić information content (AvgIpc) is 2.81. The summed E-state index contributed by atoms with van der Waals surface area (Å²) in [5.74, 6) is 0.149. The van der Waals surface area contributed by atoms with E-state index < -0.39 is 10.0 Å². The van der Waals surface area contributed by atoms with Gasteiger partial charge in [0.05, 0.1) is 4.90 Å². The molecule has 6 nitrogen and oxygen atoms in total. The van der Waals surface area contributed by atoms with Crippen LogP contribution in [0.2, 0.25) is 0 Å². The Bertz CT molecular complexity index is 815. The van der Waals surface area contributed by atoms with Crippen molar-refractivity contribution in [3.8, 4) is 0 Å². The molecule has 1 saturated carbocycles. The van der Waals surface area contributed by atoms with Gasteiger partial charge in [0.1, 0.15) is 0 Å². The van der Waals surface area contributed by atoms with Crippen LogP contribution in [0.25, 0.3) is 0 Å². The summed E-state index contributed by atoms with van der Waals surface area (Å²) in [6.07, 6.45) is 1.04. The molecule has 2 fully saturated rings. The van der Waals surface area contributed by atoms with Crippen molar-refractivity contribution in [2.24, 2.45) is 16.7 Å². The fraction of sp³-hybridized carbons (Fsp3) is 0.632. The van der Waals surface area contributed by atoms with Crippen molar-refractivity contribution in [3.63, 3.8) is 0 Å². The molecular formula is C19H29N3O3S. The Morgan fingerprint density at radius 2 is 2.04 bits per heavy atom. The molecule has 0 bridgehead atoms. The standard InChI is InChI=1S/C19H29N3O3S/c1-14(23)20-15-7-6-8-16(9-15)26(24,25)22-10-17-18(2,3)11-19(17,13-22)12-21(4)5/h6-9,17H,10-13H2,1-5H3,(H,20,23)/t17-,19+/m1/s1. The molecule has 1 aromatic rings. The molecule has 0 spiro atoms. The maximum atomic E-state index is 13.2. The smallest absolute Gasteiger partial charge is 0.243 e. The third-order valence-corrected chi connectivity index (χ3v) is 7.60. The van der Waals surface area contributed by atoms with Gasteiger partial charge in [0.15, 0.2) is 0 Å². The minimum absolute atomic E-state index is 0.0370. The van der Waals surface area contributed by atoms with Gasteiger partial charge in [-0.1, -0.05) is 19.9 Å². The molecular weight excluding hydrogens is 350 g/mol. The predicted octanol–water partition coefficient (Wildman–Crippen LogP) is 2.24. The number of hydrogen-bond donors (Lipinski definition) is 1. The van der Waals surface area contributed by atoms with E-state index in [4.69, 9.17) is 0 Å². The fourth-order valence-electron chi connectivity index (χ4n) is 5.19. The molecule has 1 aliphatic heterocycles. The highest BCUT2D eigenvalue weighted by atomic mass is 32.2. The molecule has 3 rings (SSSR count). The van der Waals surface area contributed by atoms with E-state index in [-0.39, 0.29) is 21.6 Å². The summed E-state index contributed by atoms with van der Waals surface area (Å²) < 4.78 is 28.1. The fourth-order valence-corrected chi connectivity index (χ4v) is 6.79. The summed E-state index contributed by atoms with van der Waals surface area (Å²) in [4.78, 5) is 13.7. The van der Waals surface area contributed by atoms with Gasteiger partial charge in [0, 0.05) is 37.7 Å². The van der Waals surface area contributed by atoms with Crippen LogP contribution < -0.4 is 5.32 Å². The van der Waals surface area contributed by atoms with E-state index in [0.29, 0.717) is 24.7 Å². The summed E-state index contributed by atoms with van der Waals surface area (Å²) in [5, 5.41) is 2.66. The number of nitrogens with one attached hydrogen (secondary N) is 1. The van der Waals surface area contributed by atoms with E-state index in [2.05, 4.69) is 24.1 Å². The molecule has 7 heteroatoms. The van der Waals surface area contributed by atoms with Crippen molar-refractivity contribution < 1.29 is 13.2 Å². The van der Waals surface area contributed by atoms with E-state index in [0.717, 1.165) is 13.0 Å². The van der Waals surface area contributed by atoms with Crippen LogP contribution in [0.5, 0.6) is 0 Å². The lowest BCUT2D eigenvalue weighted by Crippen LogP contribution is -2.57. The Balaban J connectivity index is 1.88. The second-order valence-electron chi connectivity index (χ2n) is 8.82. The number of amides is 1. The number of anilines is 1. The van der Waals surface area contributed by atoms with Gasteiger partial charge in [-0.3, -0.25) is 4.79 Å². The number of fused-ring (bicyclic) bond motifs is 1. The molecule has 2 atom stereocenters. The first-order valence-corrected chi connectivity index (χ1v) is 10.4. The highest BCUT2D eigenvalue weighted by Gasteiger charge is 2.64. The number of nitrogens with zero attached hydrogens (tertiary/aromatic N) is 2. The Morgan fingerprint density at radius 3 is 2.62 bits per heavy atom. The summed E-state index contributed by atoms with van der Waals surface area (Å²) in [7, 11) is 0.510. The number of carbonyl (C=O) groups excluding carboxylic acids is 1. The summed E-state index contributed by atoms with van der Waals surface area (Å²) in [6, 6.07) is 6.51. The Morgan fingerprint density at radius 1 is 1.35 bits per heavy atom. The van der Waals surface area contributed by atoms with Gasteiger partial charge in [-0.2, -0.15) is 4.31 Å². The molecule has 1 saturated heterocycles. The second kappa shape index (κ2) is 6.32. The van der Waals surface area contributed by atoms with E-state index in [1.807, 2.05) is 14.1 Å². The number of sulfonamides is 1. The van der Waals surface area contributed by atoms with Crippen molar-refractivity contribution in [2.75, 3.05) is 39.0 Å². The largest absolute Gasteiger partial charge is 0.326 e. The van der Waals surface area contributed by atoms with Gasteiger partial charge >= 0.3 is 0 Å². The Hall–Kier alpha value is -1.44. The molecule has 144 valence electrons. The normalized spacial score (nSPS) is 27.8. The number of hydrogen-bond acceptors (Lipinski definition) is 4. The predicted molar refractivity (Wildman–Crippen MR) is 102 cm³/mol. The van der Waals surface area contributed by atoms with Crippen LogP contribution in [-0.2, 0) is 14.8 Å². The third-order valence-electron chi connectivity index (χ3n) is 5.79. The maximum absolute atomic E-state index is 13.2. The molecule has 1 aliphatic carbocycles. The zero-order valence-electron chi connectivity index (χ0n) is 16.2. The van der Waals surface area contributed by atoms with E-state index in [9.17, 15) is 13.2 Å². The first-order valence-electron chi connectivity index (χ1n) is 8.99. The van der Waals surface area contributed by atoms with Crippen LogP contribution in [0.4, 0.5) is 5.69 Å². The van der Waals surface area contributed by atoms with Gasteiger partial charge in [-0.05, 0) is 50.0 Å². The molecule has 1 aromatic carbocycles. The Kier molecular flexibility index (Phi) is 4.70. The molecule has 26 heavy (non-hydrogen) atoms. The zero-order valence-corrected chi connectivity index (χ0v) is 17.1. The van der Waals surface area contributed by atoms with Crippen LogP contribution >= 0.6 is 0 Å². The topological polar surface area (TPSA) is 69.7 Å². The average molecular weight is 380 g/mol. The van der Waals surface area contributed by atoms with E-state index in [1.165, 1.54) is 6.92 Å². The SMILES string of the molecule is CC(=O)Nc1cccc(S(=O)(=O)N2C[C@@H]3C(C)(C)C[C@]3(CN(C)C)C2)c1. The van der Waals surface area contributed by atoms with Gasteiger partial charge in [0.2, 0.25) is 15.9 Å². The Labute approximate surface area is 156 Å². The van der Waals surface area contributed by atoms with Crippen molar-refractivity contribution >= 4 is 21.6 Å². The molecule has 0 unspecified atom stereocenters. The first kappa shape index (κ1) is 19.3. The molecule has 1 amide bonds. The number of rotatable bonds is 5. The van der Waals surface area contributed by atoms with Gasteiger partial charge in [-0.25, -0.2) is 8.42 Å². The second-order valence-corrected chi connectivity index (χ2v) is 10.8. The van der Waals surface area contributed by atoms with Gasteiger partial charge in [-0.15, -0.1) is 0 Å². The third kappa shape index (κ3) is 3.28. The van der Waals surface area contributed by atoms with Crippen molar-refractivity contribution in [2.45, 2.75) is 32.1 Å². The monoisotopic (exact) mass is 379 g/mol. The van der Waals surface area contributed by atoms with E-state index in [1.54, 1.807) is 28.6 Å². The zero-order chi connectivity index (χ0) is 19.3. The van der Waals surface area contributed by atoms with Crippen LogP contribution in [0.1, 0.15) is 27.2 Å². The molecule has 1 N–H and O–H groups in total. The van der Waals surface area contributed by atoms with E-state index >= 15 is 0 Å². The molecule has 0 radical (unpaired) electrons. The summed E-state index contributed by atoms with van der Waals surface area (Å²) >= 11 is 0. The van der Waals surface area contributed by atoms with Crippen LogP contribution in [-0.4, -0.2) is 57.3 Å². The van der Waals surface area contributed by atoms with Gasteiger partial charge < -0.3 is 10.2 Å². The highest BCUT2D eigenvalue weighted by molar-refractivity contribution is 7.89. The maximum Gasteiger partial charge on any atom is 0.243 e. The lowest BCUT2D eigenvalue weighted by Gasteiger charge is -2.57. The van der Waals surface area contributed by atoms with Crippen LogP contribution in [0.15, 0.2) is 29.2 Å². The van der Waals surface area contributed by atoms with Crippen molar-refractivity contribution in [1.29, 1.82) is 0 Å². The quantitative estimate of drug-likeness (QED) is 0.852. The minimum Gasteiger partial charge on any atom is -0.326 e. The van der Waals surface area contributed by atoms with Crippen LogP contribution in [0, 0.1) is 16.7 Å². The van der Waals surface area contributed by atoms with Crippen LogP contribution in [0.3, 0.4) is 0 Å². The molecule has 1 heterocycles. The van der Waals surface area contributed by atoms with Crippen molar-refractivity contribution in [1.82, 2.24) is 9.21 Å². The minimum atomic E-state index is -3.58. The summed E-state index contributed by atoms with van der Waals surface area (Å²) in [5.41, 5.74) is 0.706.